The van der Waals surface area contributed by atoms with Crippen molar-refractivity contribution in [3.8, 4) is 11.3 Å². The number of sulfone groups is 1. The molecule has 0 atom stereocenters. The molecule has 134 valence electrons. The van der Waals surface area contributed by atoms with Crippen LogP contribution in [-0.2, 0) is 15.6 Å². The zero-order valence-electron chi connectivity index (χ0n) is 13.7. The van der Waals surface area contributed by atoms with E-state index in [9.17, 15) is 13.2 Å². The minimum atomic E-state index is -3.36. The van der Waals surface area contributed by atoms with Crippen LogP contribution in [0, 0.1) is 0 Å². The minimum Gasteiger partial charge on any atom is -0.468 e. The Morgan fingerprint density at radius 3 is 2.62 bits per heavy atom. The van der Waals surface area contributed by atoms with Crippen LogP contribution in [0.4, 0.5) is 0 Å². The second kappa shape index (κ2) is 6.45. The Hall–Kier alpha value is -2.87. The second-order valence-corrected chi connectivity index (χ2v) is 8.44. The summed E-state index contributed by atoms with van der Waals surface area (Å²) < 4.78 is 35.0. The molecule has 26 heavy (non-hydrogen) atoms. The SMILES string of the molecule is O=C(c1cc(-c2ccccc2)on1)N1CC(S(=O)(=O)Cc2ccco2)C1. The highest BCUT2D eigenvalue weighted by molar-refractivity contribution is 7.91. The van der Waals surface area contributed by atoms with Crippen LogP contribution in [0.25, 0.3) is 11.3 Å². The van der Waals surface area contributed by atoms with E-state index in [1.165, 1.54) is 11.2 Å². The van der Waals surface area contributed by atoms with Gasteiger partial charge in [-0.2, -0.15) is 0 Å². The van der Waals surface area contributed by atoms with Gasteiger partial charge in [0.25, 0.3) is 5.91 Å². The quantitative estimate of drug-likeness (QED) is 0.683. The molecule has 1 fully saturated rings. The molecule has 0 radical (unpaired) electrons. The van der Waals surface area contributed by atoms with Gasteiger partial charge < -0.3 is 13.8 Å². The molecule has 0 saturated carbocycles. The molecule has 0 aliphatic carbocycles. The van der Waals surface area contributed by atoms with E-state index in [4.69, 9.17) is 8.94 Å². The average Bonchev–Trinajstić information content (AvgIpc) is 3.25. The molecule has 1 aromatic carbocycles. The molecular weight excluding hydrogens is 356 g/mol. The largest absolute Gasteiger partial charge is 0.468 e. The summed E-state index contributed by atoms with van der Waals surface area (Å²) >= 11 is 0. The maximum atomic E-state index is 12.5. The van der Waals surface area contributed by atoms with Crippen molar-refractivity contribution in [2.45, 2.75) is 11.0 Å². The summed E-state index contributed by atoms with van der Waals surface area (Å²) in [6.07, 6.45) is 1.44. The first-order valence-corrected chi connectivity index (χ1v) is 9.80. The molecule has 1 saturated heterocycles. The molecule has 0 bridgehead atoms. The lowest BCUT2D eigenvalue weighted by Gasteiger charge is -2.37. The van der Waals surface area contributed by atoms with Gasteiger partial charge >= 0.3 is 0 Å². The number of benzene rings is 1. The second-order valence-electron chi connectivity index (χ2n) is 6.16. The van der Waals surface area contributed by atoms with Gasteiger partial charge in [-0.15, -0.1) is 0 Å². The number of carbonyl (C=O) groups excluding carboxylic acids is 1. The van der Waals surface area contributed by atoms with Crippen molar-refractivity contribution in [2.24, 2.45) is 0 Å². The first kappa shape index (κ1) is 16.6. The van der Waals surface area contributed by atoms with Crippen molar-refractivity contribution in [2.75, 3.05) is 13.1 Å². The fourth-order valence-corrected chi connectivity index (χ4v) is 4.43. The fraction of sp³-hybridized carbons (Fsp3) is 0.222. The Balaban J connectivity index is 1.40. The van der Waals surface area contributed by atoms with E-state index in [0.717, 1.165) is 5.56 Å². The lowest BCUT2D eigenvalue weighted by atomic mass is 10.1. The van der Waals surface area contributed by atoms with E-state index >= 15 is 0 Å². The number of carbonyl (C=O) groups is 1. The van der Waals surface area contributed by atoms with Crippen molar-refractivity contribution < 1.29 is 22.2 Å². The number of amides is 1. The van der Waals surface area contributed by atoms with Gasteiger partial charge in [-0.1, -0.05) is 35.5 Å². The third kappa shape index (κ3) is 3.15. The topological polar surface area (TPSA) is 93.6 Å². The van der Waals surface area contributed by atoms with Crippen molar-refractivity contribution in [1.29, 1.82) is 0 Å². The molecule has 1 aliphatic heterocycles. The molecule has 8 heteroatoms. The van der Waals surface area contributed by atoms with Gasteiger partial charge in [-0.05, 0) is 12.1 Å². The van der Waals surface area contributed by atoms with E-state index in [-0.39, 0.29) is 30.4 Å². The third-order valence-electron chi connectivity index (χ3n) is 4.35. The Labute approximate surface area is 150 Å². The number of nitrogens with zero attached hydrogens (tertiary/aromatic N) is 2. The maximum Gasteiger partial charge on any atom is 0.276 e. The number of furan rings is 1. The molecule has 1 aliphatic rings. The lowest BCUT2D eigenvalue weighted by Crippen LogP contribution is -2.57. The van der Waals surface area contributed by atoms with Gasteiger partial charge in [0.2, 0.25) is 0 Å². The highest BCUT2D eigenvalue weighted by Gasteiger charge is 2.41. The fourth-order valence-electron chi connectivity index (χ4n) is 2.82. The first-order valence-electron chi connectivity index (χ1n) is 8.08. The molecule has 0 spiro atoms. The standard InChI is InChI=1S/C18H16N2O5S/c21-18(16-9-17(25-19-16)13-5-2-1-3-6-13)20-10-15(11-20)26(22,23)12-14-7-4-8-24-14/h1-9,15H,10-12H2. The summed E-state index contributed by atoms with van der Waals surface area (Å²) in [4.78, 5) is 13.9. The molecule has 2 aromatic heterocycles. The summed E-state index contributed by atoms with van der Waals surface area (Å²) in [6, 6.07) is 14.2. The molecule has 7 nitrogen and oxygen atoms in total. The van der Waals surface area contributed by atoms with Gasteiger partial charge in [-0.25, -0.2) is 8.42 Å². The average molecular weight is 372 g/mol. The Kier molecular flexibility index (Phi) is 4.12. The summed E-state index contributed by atoms with van der Waals surface area (Å²) in [6.45, 7) is 0.296. The van der Waals surface area contributed by atoms with Crippen LogP contribution in [-0.4, -0.2) is 42.7 Å². The van der Waals surface area contributed by atoms with Crippen molar-refractivity contribution in [3.05, 3.63) is 66.2 Å². The molecular formula is C18H16N2O5S. The Morgan fingerprint density at radius 1 is 1.15 bits per heavy atom. The van der Waals surface area contributed by atoms with Crippen LogP contribution in [0.5, 0.6) is 0 Å². The summed E-state index contributed by atoms with van der Waals surface area (Å²) in [5.74, 6) is 0.407. The van der Waals surface area contributed by atoms with Crippen molar-refractivity contribution in [1.82, 2.24) is 10.1 Å². The zero-order chi connectivity index (χ0) is 18.1. The van der Waals surface area contributed by atoms with Crippen LogP contribution in [0.2, 0.25) is 0 Å². The van der Waals surface area contributed by atoms with Gasteiger partial charge in [0.15, 0.2) is 21.3 Å². The Morgan fingerprint density at radius 2 is 1.92 bits per heavy atom. The number of rotatable bonds is 5. The maximum absolute atomic E-state index is 12.5. The number of likely N-dealkylation sites (tertiary alicyclic amines) is 1. The molecule has 3 heterocycles. The number of hydrogen-bond acceptors (Lipinski definition) is 6. The summed E-state index contributed by atoms with van der Waals surface area (Å²) in [5, 5.41) is 3.23. The zero-order valence-corrected chi connectivity index (χ0v) is 14.6. The predicted octanol–water partition coefficient (Wildman–Crippen LogP) is 2.37. The highest BCUT2D eigenvalue weighted by atomic mass is 32.2. The van der Waals surface area contributed by atoms with Gasteiger partial charge in [0.05, 0.1) is 11.5 Å². The Bertz CT molecular complexity index is 1000. The van der Waals surface area contributed by atoms with Gasteiger partial charge in [-0.3, -0.25) is 4.79 Å². The minimum absolute atomic E-state index is 0.148. The normalized spacial score (nSPS) is 15.0. The molecule has 3 aromatic rings. The summed E-state index contributed by atoms with van der Waals surface area (Å²) in [7, 11) is -3.36. The molecule has 0 unspecified atom stereocenters. The van der Waals surface area contributed by atoms with E-state index in [1.54, 1.807) is 18.2 Å². The van der Waals surface area contributed by atoms with Gasteiger partial charge in [0, 0.05) is 24.7 Å². The van der Waals surface area contributed by atoms with Crippen molar-refractivity contribution in [3.63, 3.8) is 0 Å². The van der Waals surface area contributed by atoms with E-state index < -0.39 is 15.1 Å². The highest BCUT2D eigenvalue weighted by Crippen LogP contribution is 2.24. The van der Waals surface area contributed by atoms with Crippen LogP contribution in [0.3, 0.4) is 0 Å². The smallest absolute Gasteiger partial charge is 0.276 e. The van der Waals surface area contributed by atoms with Crippen LogP contribution in [0.1, 0.15) is 16.2 Å². The molecule has 4 rings (SSSR count). The predicted molar refractivity (Wildman–Crippen MR) is 93.0 cm³/mol. The molecule has 0 N–H and O–H groups in total. The van der Waals surface area contributed by atoms with E-state index in [2.05, 4.69) is 5.16 Å². The first-order chi connectivity index (χ1) is 12.5. The van der Waals surface area contributed by atoms with Crippen LogP contribution >= 0.6 is 0 Å². The van der Waals surface area contributed by atoms with Gasteiger partial charge in [0.1, 0.15) is 11.5 Å². The summed E-state index contributed by atoms with van der Waals surface area (Å²) in [5.41, 5.74) is 0.993. The number of aromatic nitrogens is 1. The van der Waals surface area contributed by atoms with E-state index in [0.29, 0.717) is 11.5 Å². The lowest BCUT2D eigenvalue weighted by molar-refractivity contribution is 0.0648. The van der Waals surface area contributed by atoms with Crippen LogP contribution in [0.15, 0.2) is 63.7 Å². The van der Waals surface area contributed by atoms with Crippen LogP contribution < -0.4 is 0 Å². The van der Waals surface area contributed by atoms with Crippen molar-refractivity contribution >= 4 is 15.7 Å². The number of hydrogen-bond donors (Lipinski definition) is 0. The van der Waals surface area contributed by atoms with E-state index in [1.807, 2.05) is 30.3 Å². The monoisotopic (exact) mass is 372 g/mol. The third-order valence-corrected chi connectivity index (χ3v) is 6.36. The molecule has 1 amide bonds.